The van der Waals surface area contributed by atoms with Crippen LogP contribution in [-0.2, 0) is 14.8 Å². The first kappa shape index (κ1) is 21.3. The largest absolute Gasteiger partial charge is 0.483 e. The van der Waals surface area contributed by atoms with E-state index >= 15 is 0 Å². The third-order valence-corrected chi connectivity index (χ3v) is 6.21. The molecule has 1 heterocycles. The maximum atomic E-state index is 12.3. The molecule has 2 aromatic carbocycles. The first-order chi connectivity index (χ1) is 14.3. The number of benzene rings is 2. The molecule has 0 radical (unpaired) electrons. The lowest BCUT2D eigenvalue weighted by Gasteiger charge is -2.13. The van der Waals surface area contributed by atoms with Gasteiger partial charge in [-0.2, -0.15) is 5.26 Å². The maximum Gasteiger partial charge on any atom is 0.263 e. The summed E-state index contributed by atoms with van der Waals surface area (Å²) >= 11 is 1.18. The predicted octanol–water partition coefficient (Wildman–Crippen LogP) is 3.45. The molecule has 10 heteroatoms. The highest BCUT2D eigenvalue weighted by molar-refractivity contribution is 7.93. The minimum Gasteiger partial charge on any atom is -0.483 e. The summed E-state index contributed by atoms with van der Waals surface area (Å²) < 4.78 is 32.6. The molecule has 0 saturated heterocycles. The third-order valence-electron chi connectivity index (χ3n) is 4.04. The van der Waals surface area contributed by atoms with Crippen molar-refractivity contribution in [3.63, 3.8) is 0 Å². The number of carbonyl (C=O) groups is 1. The molecule has 0 unspecified atom stereocenters. The van der Waals surface area contributed by atoms with Gasteiger partial charge in [0.05, 0.1) is 16.5 Å². The van der Waals surface area contributed by atoms with Crippen LogP contribution < -0.4 is 14.8 Å². The zero-order valence-corrected chi connectivity index (χ0v) is 17.8. The average Bonchev–Trinajstić information content (AvgIpc) is 3.19. The van der Waals surface area contributed by atoms with Crippen LogP contribution in [0.3, 0.4) is 0 Å². The monoisotopic (exact) mass is 442 g/mol. The predicted molar refractivity (Wildman–Crippen MR) is 114 cm³/mol. The number of anilines is 2. The Balaban J connectivity index is 1.61. The van der Waals surface area contributed by atoms with Crippen LogP contribution in [0.15, 0.2) is 52.9 Å². The molecular weight excluding hydrogens is 424 g/mol. The minimum absolute atomic E-state index is 0.0516. The number of hydrogen-bond acceptors (Lipinski definition) is 7. The molecule has 3 aromatic rings. The lowest BCUT2D eigenvalue weighted by molar-refractivity contribution is -0.118. The molecule has 0 spiro atoms. The second-order valence-corrected chi connectivity index (χ2v) is 8.93. The highest BCUT2D eigenvalue weighted by Gasteiger charge is 2.16. The van der Waals surface area contributed by atoms with Crippen LogP contribution in [0.1, 0.15) is 16.7 Å². The minimum atomic E-state index is -3.75. The van der Waals surface area contributed by atoms with E-state index in [4.69, 9.17) is 10.00 Å². The number of amides is 1. The van der Waals surface area contributed by atoms with Crippen molar-refractivity contribution in [2.24, 2.45) is 0 Å². The zero-order valence-electron chi connectivity index (χ0n) is 16.2. The van der Waals surface area contributed by atoms with E-state index < -0.39 is 15.9 Å². The second-order valence-electron chi connectivity index (χ2n) is 6.35. The number of nitrogens with one attached hydrogen (secondary N) is 2. The van der Waals surface area contributed by atoms with Crippen LogP contribution in [-0.4, -0.2) is 25.9 Å². The summed E-state index contributed by atoms with van der Waals surface area (Å²) in [6, 6.07) is 11.2. The van der Waals surface area contributed by atoms with E-state index in [-0.39, 0.29) is 16.6 Å². The van der Waals surface area contributed by atoms with E-state index in [1.165, 1.54) is 41.8 Å². The van der Waals surface area contributed by atoms with Crippen LogP contribution in [0.5, 0.6) is 5.75 Å². The summed E-state index contributed by atoms with van der Waals surface area (Å²) in [6.45, 7) is 3.39. The topological polar surface area (TPSA) is 121 Å². The highest BCUT2D eigenvalue weighted by atomic mass is 32.2. The van der Waals surface area contributed by atoms with Gasteiger partial charge in [-0.15, -0.1) is 11.3 Å². The van der Waals surface area contributed by atoms with Crippen LogP contribution >= 0.6 is 11.3 Å². The van der Waals surface area contributed by atoms with Gasteiger partial charge >= 0.3 is 0 Å². The molecule has 30 heavy (non-hydrogen) atoms. The Labute approximate surface area is 178 Å². The summed E-state index contributed by atoms with van der Waals surface area (Å²) in [4.78, 5) is 16.1. The number of carbonyl (C=O) groups excluding carboxylic acids is 1. The standard InChI is InChI=1S/C20H18N4O4S2/c1-13-9-15(11-21)10-14(2)19(13)28-12-18(25)23-16-3-5-17(6-4-16)30(26,27)24-20-22-7-8-29-20/h3-10H,12H2,1-2H3,(H,22,24)(H,23,25). The van der Waals surface area contributed by atoms with Gasteiger partial charge in [0.1, 0.15) is 5.75 Å². The molecule has 0 aliphatic heterocycles. The van der Waals surface area contributed by atoms with E-state index in [2.05, 4.69) is 21.1 Å². The second kappa shape index (κ2) is 8.94. The van der Waals surface area contributed by atoms with Crippen molar-refractivity contribution >= 4 is 38.1 Å². The Morgan fingerprint density at radius 3 is 2.43 bits per heavy atom. The van der Waals surface area contributed by atoms with Crippen molar-refractivity contribution in [3.05, 3.63) is 64.7 Å². The van der Waals surface area contributed by atoms with E-state index in [1.54, 1.807) is 31.4 Å². The normalized spacial score (nSPS) is 10.8. The number of ether oxygens (including phenoxy) is 1. The van der Waals surface area contributed by atoms with Crippen molar-refractivity contribution in [1.82, 2.24) is 4.98 Å². The smallest absolute Gasteiger partial charge is 0.263 e. The van der Waals surface area contributed by atoms with Gasteiger partial charge in [-0.3, -0.25) is 9.52 Å². The average molecular weight is 443 g/mol. The molecule has 0 atom stereocenters. The Morgan fingerprint density at radius 1 is 1.20 bits per heavy atom. The first-order valence-electron chi connectivity index (χ1n) is 8.75. The van der Waals surface area contributed by atoms with Crippen LogP contribution in [0.4, 0.5) is 10.8 Å². The fourth-order valence-electron chi connectivity index (χ4n) is 2.74. The Bertz CT molecular complexity index is 1180. The van der Waals surface area contributed by atoms with Crippen molar-refractivity contribution in [2.45, 2.75) is 18.7 Å². The highest BCUT2D eigenvalue weighted by Crippen LogP contribution is 2.25. The van der Waals surface area contributed by atoms with Gasteiger partial charge in [-0.05, 0) is 61.4 Å². The quantitative estimate of drug-likeness (QED) is 0.578. The summed E-state index contributed by atoms with van der Waals surface area (Å²) in [5.74, 6) is 0.161. The van der Waals surface area contributed by atoms with Gasteiger partial charge in [0.2, 0.25) is 0 Å². The summed E-state index contributed by atoms with van der Waals surface area (Å²) in [5, 5.41) is 13.6. The van der Waals surface area contributed by atoms with Crippen molar-refractivity contribution < 1.29 is 17.9 Å². The number of aryl methyl sites for hydroxylation is 2. The zero-order chi connectivity index (χ0) is 21.7. The maximum absolute atomic E-state index is 12.3. The van der Waals surface area contributed by atoms with Crippen molar-refractivity contribution in [2.75, 3.05) is 16.6 Å². The van der Waals surface area contributed by atoms with Gasteiger partial charge in [-0.1, -0.05) is 0 Å². The van der Waals surface area contributed by atoms with Gasteiger partial charge < -0.3 is 10.1 Å². The summed E-state index contributed by atoms with van der Waals surface area (Å²) in [5.41, 5.74) is 2.49. The van der Waals surface area contributed by atoms with Crippen LogP contribution in [0, 0.1) is 25.2 Å². The number of nitrogens with zero attached hydrogens (tertiary/aromatic N) is 2. The molecule has 2 N–H and O–H groups in total. The Kier molecular flexibility index (Phi) is 6.34. The van der Waals surface area contributed by atoms with Gasteiger partial charge in [-0.25, -0.2) is 13.4 Å². The number of aromatic nitrogens is 1. The molecule has 1 amide bonds. The number of nitriles is 1. The molecule has 0 aliphatic rings. The van der Waals surface area contributed by atoms with Crippen LogP contribution in [0.2, 0.25) is 0 Å². The third kappa shape index (κ3) is 5.14. The molecule has 1 aromatic heterocycles. The lowest BCUT2D eigenvalue weighted by atomic mass is 10.1. The first-order valence-corrected chi connectivity index (χ1v) is 11.1. The molecule has 154 valence electrons. The molecule has 0 saturated carbocycles. The Hall–Kier alpha value is -3.42. The van der Waals surface area contributed by atoms with E-state index in [9.17, 15) is 13.2 Å². The number of hydrogen-bond donors (Lipinski definition) is 2. The van der Waals surface area contributed by atoms with Gasteiger partial charge in [0.25, 0.3) is 15.9 Å². The van der Waals surface area contributed by atoms with Crippen molar-refractivity contribution in [3.8, 4) is 11.8 Å². The molecule has 0 fully saturated rings. The van der Waals surface area contributed by atoms with Gasteiger partial charge in [0.15, 0.2) is 11.7 Å². The Morgan fingerprint density at radius 2 is 1.87 bits per heavy atom. The summed E-state index contributed by atoms with van der Waals surface area (Å²) in [6.07, 6.45) is 1.50. The van der Waals surface area contributed by atoms with Crippen LogP contribution in [0.25, 0.3) is 0 Å². The molecule has 3 rings (SSSR count). The van der Waals surface area contributed by atoms with Crippen molar-refractivity contribution in [1.29, 1.82) is 5.26 Å². The lowest BCUT2D eigenvalue weighted by Crippen LogP contribution is -2.21. The number of rotatable bonds is 7. The van der Waals surface area contributed by atoms with E-state index in [1.807, 2.05) is 0 Å². The summed E-state index contributed by atoms with van der Waals surface area (Å²) in [7, 11) is -3.75. The van der Waals surface area contributed by atoms with E-state index in [0.29, 0.717) is 17.0 Å². The fraction of sp³-hybridized carbons (Fsp3) is 0.150. The van der Waals surface area contributed by atoms with Gasteiger partial charge in [0, 0.05) is 17.3 Å². The SMILES string of the molecule is Cc1cc(C#N)cc(C)c1OCC(=O)Nc1ccc(S(=O)(=O)Nc2nccs2)cc1. The molecular formula is C20H18N4O4S2. The molecule has 8 nitrogen and oxygen atoms in total. The molecule has 0 bridgehead atoms. The van der Waals surface area contributed by atoms with E-state index in [0.717, 1.165) is 11.1 Å². The fourth-order valence-corrected chi connectivity index (χ4v) is 4.53. The molecule has 0 aliphatic carbocycles. The number of sulfonamides is 1. The number of thiazole rings is 1.